The van der Waals surface area contributed by atoms with Crippen molar-refractivity contribution in [2.45, 2.75) is 71.6 Å². The predicted octanol–water partition coefficient (Wildman–Crippen LogP) is 4.47. The maximum Gasteiger partial charge on any atom is 0.251 e. The molecule has 0 radical (unpaired) electrons. The van der Waals surface area contributed by atoms with E-state index >= 15 is 0 Å². The van der Waals surface area contributed by atoms with Gasteiger partial charge in [0, 0.05) is 7.05 Å². The van der Waals surface area contributed by atoms with Crippen molar-refractivity contribution in [3.05, 3.63) is 11.8 Å². The average Bonchev–Trinajstić information content (AvgIpc) is 2.38. The van der Waals surface area contributed by atoms with Gasteiger partial charge in [-0.3, -0.25) is 9.63 Å². The number of carbonyl (C=O) groups is 1. The lowest BCUT2D eigenvalue weighted by Crippen LogP contribution is -2.47. The van der Waals surface area contributed by atoms with E-state index in [1.807, 2.05) is 6.92 Å². The SMILES string of the molecule is CON(C)C(=O)[C@@H](C)[C@@H](/C=C/[Si](C)(C)C)O[Si](C)(C)C(C)(C)C. The summed E-state index contributed by atoms with van der Waals surface area (Å²) in [5.74, 6) is -0.335. The molecule has 0 fully saturated rings. The van der Waals surface area contributed by atoms with Gasteiger partial charge in [-0.15, -0.1) is 0 Å². The van der Waals surface area contributed by atoms with Crippen molar-refractivity contribution >= 4 is 22.3 Å². The Labute approximate surface area is 145 Å². The normalized spacial score (nSPS) is 16.5. The Morgan fingerprint density at radius 1 is 1.13 bits per heavy atom. The maximum absolute atomic E-state index is 12.5. The average molecular weight is 360 g/mol. The van der Waals surface area contributed by atoms with Gasteiger partial charge in [-0.05, 0) is 18.1 Å². The fourth-order valence-corrected chi connectivity index (χ4v) is 3.81. The number of nitrogens with zero attached hydrogens (tertiary/aromatic N) is 1. The zero-order valence-electron chi connectivity index (χ0n) is 17.0. The smallest absolute Gasteiger partial charge is 0.251 e. The summed E-state index contributed by atoms with van der Waals surface area (Å²) in [4.78, 5) is 17.5. The van der Waals surface area contributed by atoms with Crippen molar-refractivity contribution < 1.29 is 14.1 Å². The van der Waals surface area contributed by atoms with Gasteiger partial charge >= 0.3 is 0 Å². The van der Waals surface area contributed by atoms with Crippen LogP contribution in [-0.4, -0.2) is 47.6 Å². The summed E-state index contributed by atoms with van der Waals surface area (Å²) in [6.07, 6.45) is 1.89. The van der Waals surface area contributed by atoms with Crippen LogP contribution in [0.5, 0.6) is 0 Å². The maximum atomic E-state index is 12.5. The third-order valence-corrected chi connectivity index (χ3v) is 10.2. The molecule has 136 valence electrons. The fourth-order valence-electron chi connectivity index (χ4n) is 1.73. The summed E-state index contributed by atoms with van der Waals surface area (Å²) in [6, 6.07) is 0. The third kappa shape index (κ3) is 7.33. The highest BCUT2D eigenvalue weighted by atomic mass is 28.4. The molecule has 6 heteroatoms. The Morgan fingerprint density at radius 3 is 1.96 bits per heavy atom. The van der Waals surface area contributed by atoms with Gasteiger partial charge in [-0.25, -0.2) is 5.06 Å². The van der Waals surface area contributed by atoms with Gasteiger partial charge in [-0.2, -0.15) is 0 Å². The predicted molar refractivity (Wildman–Crippen MR) is 103 cm³/mol. The summed E-state index contributed by atoms with van der Waals surface area (Å²) in [6.45, 7) is 19.8. The standard InChI is InChI=1S/C17H37NO3Si2/c1-14(16(19)18(5)20-6)15(12-13-22(7,8)9)21-23(10,11)17(2,3)4/h12-15H,1-11H3/b13-12+/t14-,15+/m0/s1. The lowest BCUT2D eigenvalue weighted by Gasteiger charge is -2.40. The van der Waals surface area contributed by atoms with Crippen LogP contribution < -0.4 is 0 Å². The van der Waals surface area contributed by atoms with Crippen LogP contribution in [0.3, 0.4) is 0 Å². The molecular formula is C17H37NO3Si2. The molecule has 23 heavy (non-hydrogen) atoms. The fraction of sp³-hybridized carbons (Fsp3) is 0.824. The minimum Gasteiger partial charge on any atom is -0.410 e. The van der Waals surface area contributed by atoms with Gasteiger partial charge in [0.05, 0.1) is 27.2 Å². The summed E-state index contributed by atoms with van der Waals surface area (Å²) in [5.41, 5.74) is 2.27. The third-order valence-electron chi connectivity index (χ3n) is 4.49. The molecule has 0 bridgehead atoms. The number of hydroxylamine groups is 2. The molecule has 0 rings (SSSR count). The van der Waals surface area contributed by atoms with Gasteiger partial charge < -0.3 is 4.43 Å². The zero-order chi connectivity index (χ0) is 18.6. The first-order chi connectivity index (χ1) is 10.1. The Hall–Kier alpha value is -0.436. The second-order valence-corrected chi connectivity index (χ2v) is 18.7. The summed E-state index contributed by atoms with van der Waals surface area (Å²) in [5, 5.41) is 1.39. The summed E-state index contributed by atoms with van der Waals surface area (Å²) < 4.78 is 6.55. The molecule has 0 aliphatic heterocycles. The molecular weight excluding hydrogens is 322 g/mol. The Balaban J connectivity index is 5.49. The molecule has 0 heterocycles. The Kier molecular flexibility index (Phi) is 7.94. The van der Waals surface area contributed by atoms with Crippen molar-refractivity contribution in [1.29, 1.82) is 0 Å². The molecule has 2 atom stereocenters. The highest BCUT2D eigenvalue weighted by Gasteiger charge is 2.41. The molecule has 0 unspecified atom stereocenters. The van der Waals surface area contributed by atoms with E-state index < -0.39 is 16.4 Å². The minimum absolute atomic E-state index is 0.0589. The molecule has 0 saturated carbocycles. The van der Waals surface area contributed by atoms with E-state index in [1.54, 1.807) is 7.05 Å². The first kappa shape index (κ1) is 22.6. The van der Waals surface area contributed by atoms with Crippen molar-refractivity contribution in [3.8, 4) is 0 Å². The number of hydrogen-bond donors (Lipinski definition) is 0. The van der Waals surface area contributed by atoms with E-state index in [4.69, 9.17) is 9.26 Å². The largest absolute Gasteiger partial charge is 0.410 e. The van der Waals surface area contributed by atoms with Crippen LogP contribution in [0, 0.1) is 5.92 Å². The summed E-state index contributed by atoms with van der Waals surface area (Å²) in [7, 11) is -0.174. The number of amides is 1. The molecule has 4 nitrogen and oxygen atoms in total. The molecule has 0 aromatic rings. The van der Waals surface area contributed by atoms with Gasteiger partial charge in [-0.1, -0.05) is 59.1 Å². The van der Waals surface area contributed by atoms with Gasteiger partial charge in [0.25, 0.3) is 5.91 Å². The summed E-state index contributed by atoms with van der Waals surface area (Å²) >= 11 is 0. The monoisotopic (exact) mass is 359 g/mol. The van der Waals surface area contributed by atoms with Crippen LogP contribution in [-0.2, 0) is 14.1 Å². The van der Waals surface area contributed by atoms with Crippen LogP contribution in [0.15, 0.2) is 11.8 Å². The number of rotatable bonds is 7. The van der Waals surface area contributed by atoms with E-state index in [-0.39, 0.29) is 23.0 Å². The van der Waals surface area contributed by atoms with Crippen LogP contribution in [0.2, 0.25) is 37.8 Å². The second-order valence-electron chi connectivity index (χ2n) is 8.87. The highest BCUT2D eigenvalue weighted by Crippen LogP contribution is 2.38. The van der Waals surface area contributed by atoms with Crippen molar-refractivity contribution in [2.75, 3.05) is 14.2 Å². The number of carbonyl (C=O) groups excluding carboxylic acids is 1. The Bertz CT molecular complexity index is 423. The molecule has 0 N–H and O–H groups in total. The van der Waals surface area contributed by atoms with E-state index in [0.29, 0.717) is 0 Å². The lowest BCUT2D eigenvalue weighted by molar-refractivity contribution is -0.175. The van der Waals surface area contributed by atoms with Crippen molar-refractivity contribution in [2.24, 2.45) is 5.92 Å². The van der Waals surface area contributed by atoms with Crippen LogP contribution in [0.25, 0.3) is 0 Å². The molecule has 0 aliphatic rings. The number of hydrogen-bond acceptors (Lipinski definition) is 3. The van der Waals surface area contributed by atoms with Gasteiger partial charge in [0.2, 0.25) is 0 Å². The lowest BCUT2D eigenvalue weighted by atomic mass is 10.0. The van der Waals surface area contributed by atoms with E-state index in [1.165, 1.54) is 12.2 Å². The Morgan fingerprint density at radius 2 is 1.61 bits per heavy atom. The van der Waals surface area contributed by atoms with Crippen molar-refractivity contribution in [3.63, 3.8) is 0 Å². The van der Waals surface area contributed by atoms with E-state index in [9.17, 15) is 4.79 Å². The topological polar surface area (TPSA) is 38.8 Å². The van der Waals surface area contributed by atoms with Crippen LogP contribution in [0.4, 0.5) is 0 Å². The van der Waals surface area contributed by atoms with Gasteiger partial charge in [0.1, 0.15) is 0 Å². The van der Waals surface area contributed by atoms with Gasteiger partial charge in [0.15, 0.2) is 8.32 Å². The highest BCUT2D eigenvalue weighted by molar-refractivity contribution is 6.81. The van der Waals surface area contributed by atoms with E-state index in [2.05, 4.69) is 65.3 Å². The zero-order valence-corrected chi connectivity index (χ0v) is 19.0. The van der Waals surface area contributed by atoms with Crippen LogP contribution in [0.1, 0.15) is 27.7 Å². The van der Waals surface area contributed by atoms with E-state index in [0.717, 1.165) is 0 Å². The molecule has 0 aromatic carbocycles. The minimum atomic E-state index is -1.97. The second kappa shape index (κ2) is 8.09. The first-order valence-electron chi connectivity index (χ1n) is 8.31. The molecule has 0 aromatic heterocycles. The molecule has 0 saturated heterocycles. The van der Waals surface area contributed by atoms with Crippen molar-refractivity contribution in [1.82, 2.24) is 5.06 Å². The molecule has 0 spiro atoms. The molecule has 1 amide bonds. The quantitative estimate of drug-likeness (QED) is 0.497. The van der Waals surface area contributed by atoms with Crippen LogP contribution >= 0.6 is 0 Å². The first-order valence-corrected chi connectivity index (χ1v) is 14.8. The molecule has 0 aliphatic carbocycles.